The van der Waals surface area contributed by atoms with Crippen LogP contribution in [0.3, 0.4) is 0 Å². The standard InChI is InChI=1S/C15H26N2O5S2/c1-6-12(3)11-23(18,19)16-13-8-9-14(22-7-2)15(10-13)24(20,21)17(4)5/h8-10,12,16H,6-7,11H2,1-5H3/t12-/m1/s1. The van der Waals surface area contributed by atoms with E-state index < -0.39 is 20.0 Å². The molecule has 0 aliphatic carbocycles. The van der Waals surface area contributed by atoms with Gasteiger partial charge in [0.2, 0.25) is 20.0 Å². The van der Waals surface area contributed by atoms with Gasteiger partial charge in [-0.05, 0) is 31.0 Å². The Morgan fingerprint density at radius 1 is 1.17 bits per heavy atom. The van der Waals surface area contributed by atoms with Crippen LogP contribution in [-0.2, 0) is 20.0 Å². The zero-order chi connectivity index (χ0) is 18.5. The summed E-state index contributed by atoms with van der Waals surface area (Å²) in [6.07, 6.45) is 0.741. The molecule has 0 spiro atoms. The lowest BCUT2D eigenvalue weighted by molar-refractivity contribution is 0.330. The van der Waals surface area contributed by atoms with E-state index in [1.807, 2.05) is 13.8 Å². The van der Waals surface area contributed by atoms with Crippen LogP contribution in [0.2, 0.25) is 0 Å². The van der Waals surface area contributed by atoms with Crippen LogP contribution in [0.1, 0.15) is 27.2 Å². The lowest BCUT2D eigenvalue weighted by Gasteiger charge is -2.17. The van der Waals surface area contributed by atoms with Crippen LogP contribution in [0.4, 0.5) is 5.69 Å². The lowest BCUT2D eigenvalue weighted by atomic mass is 10.2. The van der Waals surface area contributed by atoms with Crippen molar-refractivity contribution in [3.63, 3.8) is 0 Å². The normalized spacial score (nSPS) is 13.8. The van der Waals surface area contributed by atoms with Crippen LogP contribution < -0.4 is 9.46 Å². The summed E-state index contributed by atoms with van der Waals surface area (Å²) in [5.74, 6) is 0.179. The maximum atomic E-state index is 12.4. The average molecular weight is 379 g/mol. The third-order valence-corrected chi connectivity index (χ3v) is 6.87. The quantitative estimate of drug-likeness (QED) is 0.710. The Kier molecular flexibility index (Phi) is 7.06. The van der Waals surface area contributed by atoms with Gasteiger partial charge in [-0.1, -0.05) is 20.3 Å². The Bertz CT molecular complexity index is 758. The molecule has 0 fully saturated rings. The molecule has 9 heteroatoms. The van der Waals surface area contributed by atoms with Crippen molar-refractivity contribution in [2.45, 2.75) is 32.1 Å². The fraction of sp³-hybridized carbons (Fsp3) is 0.600. The van der Waals surface area contributed by atoms with E-state index in [0.29, 0.717) is 6.61 Å². The zero-order valence-electron chi connectivity index (χ0n) is 14.7. The molecule has 1 aromatic rings. The highest BCUT2D eigenvalue weighted by atomic mass is 32.2. The van der Waals surface area contributed by atoms with Crippen molar-refractivity contribution in [2.75, 3.05) is 31.2 Å². The van der Waals surface area contributed by atoms with Crippen molar-refractivity contribution in [1.29, 1.82) is 0 Å². The van der Waals surface area contributed by atoms with Gasteiger partial charge in [0.05, 0.1) is 18.0 Å². The molecule has 0 bridgehead atoms. The van der Waals surface area contributed by atoms with Crippen molar-refractivity contribution in [2.24, 2.45) is 5.92 Å². The fourth-order valence-electron chi connectivity index (χ4n) is 1.96. The third kappa shape index (κ3) is 5.35. The highest BCUT2D eigenvalue weighted by Gasteiger charge is 2.24. The second kappa shape index (κ2) is 8.17. The Labute approximate surface area is 145 Å². The maximum Gasteiger partial charge on any atom is 0.246 e. The van der Waals surface area contributed by atoms with E-state index in [9.17, 15) is 16.8 Å². The number of hydrogen-bond donors (Lipinski definition) is 1. The van der Waals surface area contributed by atoms with Gasteiger partial charge in [0, 0.05) is 14.1 Å². The van der Waals surface area contributed by atoms with Crippen LogP contribution in [0.25, 0.3) is 0 Å². The first kappa shape index (κ1) is 20.7. The predicted octanol–water partition coefficient (Wildman–Crippen LogP) is 2.12. The maximum absolute atomic E-state index is 12.4. The van der Waals surface area contributed by atoms with E-state index in [1.165, 1.54) is 32.3 Å². The Morgan fingerprint density at radius 3 is 2.29 bits per heavy atom. The molecule has 0 amide bonds. The molecule has 0 aliphatic heterocycles. The molecule has 0 unspecified atom stereocenters. The minimum atomic E-state index is -3.76. The molecule has 1 aromatic carbocycles. The summed E-state index contributed by atoms with van der Waals surface area (Å²) in [7, 11) is -4.50. The molecule has 0 radical (unpaired) electrons. The van der Waals surface area contributed by atoms with Crippen molar-refractivity contribution in [3.05, 3.63) is 18.2 Å². The summed E-state index contributed by atoms with van der Waals surface area (Å²) in [5.41, 5.74) is 0.196. The number of sulfonamides is 2. The van der Waals surface area contributed by atoms with Gasteiger partial charge in [0.15, 0.2) is 0 Å². The summed E-state index contributed by atoms with van der Waals surface area (Å²) in [6, 6.07) is 4.24. The smallest absolute Gasteiger partial charge is 0.246 e. The molecule has 0 saturated heterocycles. The number of rotatable bonds is 9. The van der Waals surface area contributed by atoms with Gasteiger partial charge in [-0.15, -0.1) is 0 Å². The second-order valence-electron chi connectivity index (χ2n) is 5.78. The van der Waals surface area contributed by atoms with Crippen LogP contribution in [0.5, 0.6) is 5.75 Å². The van der Waals surface area contributed by atoms with E-state index in [-0.39, 0.29) is 28.0 Å². The van der Waals surface area contributed by atoms with Gasteiger partial charge >= 0.3 is 0 Å². The second-order valence-corrected chi connectivity index (χ2v) is 9.67. The minimum Gasteiger partial charge on any atom is -0.492 e. The summed E-state index contributed by atoms with van der Waals surface area (Å²) < 4.78 is 58.1. The molecule has 1 atom stereocenters. The first-order valence-electron chi connectivity index (χ1n) is 7.73. The van der Waals surface area contributed by atoms with Gasteiger partial charge in [0.25, 0.3) is 0 Å². The first-order valence-corrected chi connectivity index (χ1v) is 10.8. The highest BCUT2D eigenvalue weighted by Crippen LogP contribution is 2.29. The SMILES string of the molecule is CCOc1ccc(NS(=O)(=O)C[C@H](C)CC)cc1S(=O)(=O)N(C)C. The number of nitrogens with zero attached hydrogens (tertiary/aromatic N) is 1. The van der Waals surface area contributed by atoms with Crippen LogP contribution in [-0.4, -0.2) is 47.6 Å². The predicted molar refractivity (Wildman–Crippen MR) is 95.3 cm³/mol. The zero-order valence-corrected chi connectivity index (χ0v) is 16.4. The lowest BCUT2D eigenvalue weighted by Crippen LogP contribution is -2.24. The Hall–Kier alpha value is -1.32. The van der Waals surface area contributed by atoms with Gasteiger partial charge in [0.1, 0.15) is 10.6 Å². The average Bonchev–Trinajstić information content (AvgIpc) is 2.47. The van der Waals surface area contributed by atoms with Crippen molar-refractivity contribution in [1.82, 2.24) is 4.31 Å². The minimum absolute atomic E-state index is 0.00942. The number of benzene rings is 1. The van der Waals surface area contributed by atoms with E-state index in [1.54, 1.807) is 6.92 Å². The van der Waals surface area contributed by atoms with Crippen LogP contribution in [0.15, 0.2) is 23.1 Å². The molecule has 0 aromatic heterocycles. The molecule has 1 N–H and O–H groups in total. The Morgan fingerprint density at radius 2 is 1.79 bits per heavy atom. The largest absolute Gasteiger partial charge is 0.492 e. The van der Waals surface area contributed by atoms with Gasteiger partial charge in [-0.3, -0.25) is 4.72 Å². The summed E-state index contributed by atoms with van der Waals surface area (Å²) in [6.45, 7) is 5.81. The molecular formula is C15H26N2O5S2. The van der Waals surface area contributed by atoms with Gasteiger partial charge < -0.3 is 4.74 Å². The number of hydrogen-bond acceptors (Lipinski definition) is 5. The number of ether oxygens (including phenoxy) is 1. The van der Waals surface area contributed by atoms with Crippen molar-refractivity contribution >= 4 is 25.7 Å². The van der Waals surface area contributed by atoms with Crippen molar-refractivity contribution < 1.29 is 21.6 Å². The van der Waals surface area contributed by atoms with Gasteiger partial charge in [-0.2, -0.15) is 0 Å². The summed E-state index contributed by atoms with van der Waals surface area (Å²) in [5, 5.41) is 0. The molecule has 24 heavy (non-hydrogen) atoms. The summed E-state index contributed by atoms with van der Waals surface area (Å²) >= 11 is 0. The number of anilines is 1. The van der Waals surface area contributed by atoms with E-state index in [4.69, 9.17) is 4.74 Å². The molecule has 0 saturated carbocycles. The molecule has 1 rings (SSSR count). The Balaban J connectivity index is 3.25. The van der Waals surface area contributed by atoms with Gasteiger partial charge in [-0.25, -0.2) is 21.1 Å². The van der Waals surface area contributed by atoms with Crippen LogP contribution in [0, 0.1) is 5.92 Å². The molecule has 138 valence electrons. The monoisotopic (exact) mass is 378 g/mol. The highest BCUT2D eigenvalue weighted by molar-refractivity contribution is 7.92. The summed E-state index contributed by atoms with van der Waals surface area (Å²) in [4.78, 5) is -0.0712. The van der Waals surface area contributed by atoms with E-state index in [2.05, 4.69) is 4.72 Å². The molecule has 7 nitrogen and oxygen atoms in total. The van der Waals surface area contributed by atoms with Crippen molar-refractivity contribution in [3.8, 4) is 5.75 Å². The molecule has 0 aliphatic rings. The molecule has 0 heterocycles. The third-order valence-electron chi connectivity index (χ3n) is 3.48. The fourth-order valence-corrected chi connectivity index (χ4v) is 4.56. The number of nitrogens with one attached hydrogen (secondary N) is 1. The van der Waals surface area contributed by atoms with Crippen LogP contribution >= 0.6 is 0 Å². The topological polar surface area (TPSA) is 92.8 Å². The first-order chi connectivity index (χ1) is 11.0. The van der Waals surface area contributed by atoms with E-state index >= 15 is 0 Å². The molecular weight excluding hydrogens is 352 g/mol. The van der Waals surface area contributed by atoms with E-state index in [0.717, 1.165) is 10.7 Å².